The lowest BCUT2D eigenvalue weighted by Crippen LogP contribution is -2.36. The Morgan fingerprint density at radius 3 is 2.79 bits per heavy atom. The molecule has 3 N–H and O–H groups in total. The van der Waals surface area contributed by atoms with E-state index in [1.165, 1.54) is 0 Å². The number of amides is 1. The van der Waals surface area contributed by atoms with E-state index in [1.54, 1.807) is 7.11 Å². The molecule has 0 aliphatic rings. The van der Waals surface area contributed by atoms with E-state index in [2.05, 4.69) is 12.2 Å². The second kappa shape index (κ2) is 7.79. The molecule has 0 saturated heterocycles. The first kappa shape index (κ1) is 15.5. The molecule has 0 bridgehead atoms. The molecule has 1 rings (SSSR count). The van der Waals surface area contributed by atoms with Crippen molar-refractivity contribution in [1.82, 2.24) is 5.32 Å². The molecule has 0 aliphatic heterocycles. The van der Waals surface area contributed by atoms with E-state index in [4.69, 9.17) is 10.5 Å². The number of nitrogens with two attached hydrogens (primary N) is 1. The number of carbonyl (C=O) groups excluding carboxylic acids is 1. The van der Waals surface area contributed by atoms with Crippen molar-refractivity contribution in [3.8, 4) is 5.75 Å². The zero-order chi connectivity index (χ0) is 14.3. The highest BCUT2D eigenvalue weighted by molar-refractivity contribution is 5.79. The number of rotatable bonds is 7. The van der Waals surface area contributed by atoms with Crippen LogP contribution in [0.2, 0.25) is 0 Å². The monoisotopic (exact) mass is 264 g/mol. The van der Waals surface area contributed by atoms with Gasteiger partial charge < -0.3 is 15.8 Å². The van der Waals surface area contributed by atoms with E-state index in [0.717, 1.165) is 24.2 Å². The Labute approximate surface area is 115 Å². The van der Waals surface area contributed by atoms with Gasteiger partial charge in [-0.3, -0.25) is 4.79 Å². The summed E-state index contributed by atoms with van der Waals surface area (Å²) in [6.45, 7) is 4.41. The van der Waals surface area contributed by atoms with E-state index in [0.29, 0.717) is 6.54 Å². The SMILES string of the molecule is CCCC(CN)C(=O)N[C@H](C)c1cccc(OC)c1. The molecule has 0 spiro atoms. The highest BCUT2D eigenvalue weighted by Gasteiger charge is 2.18. The first-order chi connectivity index (χ1) is 9.12. The third kappa shape index (κ3) is 4.56. The molecule has 0 heterocycles. The van der Waals surface area contributed by atoms with Crippen LogP contribution in [0.5, 0.6) is 5.75 Å². The minimum absolute atomic E-state index is 0.0275. The second-order valence-corrected chi connectivity index (χ2v) is 4.73. The lowest BCUT2D eigenvalue weighted by molar-refractivity contribution is -0.125. The normalized spacial score (nSPS) is 13.7. The van der Waals surface area contributed by atoms with Crippen LogP contribution >= 0.6 is 0 Å². The molecule has 1 aromatic rings. The minimum Gasteiger partial charge on any atom is -0.497 e. The van der Waals surface area contributed by atoms with Crippen LogP contribution < -0.4 is 15.8 Å². The topological polar surface area (TPSA) is 64.4 Å². The molecule has 0 saturated carbocycles. The molecule has 106 valence electrons. The summed E-state index contributed by atoms with van der Waals surface area (Å²) in [5.41, 5.74) is 6.67. The van der Waals surface area contributed by atoms with Crippen molar-refractivity contribution < 1.29 is 9.53 Å². The third-order valence-corrected chi connectivity index (χ3v) is 3.25. The quantitative estimate of drug-likeness (QED) is 0.794. The Morgan fingerprint density at radius 2 is 2.21 bits per heavy atom. The first-order valence-electron chi connectivity index (χ1n) is 6.76. The van der Waals surface area contributed by atoms with Gasteiger partial charge >= 0.3 is 0 Å². The summed E-state index contributed by atoms with van der Waals surface area (Å²) < 4.78 is 5.18. The number of carbonyl (C=O) groups is 1. The van der Waals surface area contributed by atoms with Gasteiger partial charge in [0.1, 0.15) is 5.75 Å². The first-order valence-corrected chi connectivity index (χ1v) is 6.76. The Balaban J connectivity index is 2.67. The van der Waals surface area contributed by atoms with Crippen LogP contribution in [-0.2, 0) is 4.79 Å². The van der Waals surface area contributed by atoms with Crippen LogP contribution in [-0.4, -0.2) is 19.6 Å². The standard InChI is InChI=1S/C15H24N2O2/c1-4-6-13(10-16)15(18)17-11(2)12-7-5-8-14(9-12)19-3/h5,7-9,11,13H,4,6,10,16H2,1-3H3,(H,17,18)/t11-,13?/m1/s1. The molecule has 2 atom stereocenters. The van der Waals surface area contributed by atoms with Crippen molar-refractivity contribution >= 4 is 5.91 Å². The molecular formula is C15H24N2O2. The van der Waals surface area contributed by atoms with Crippen molar-refractivity contribution in [3.05, 3.63) is 29.8 Å². The highest BCUT2D eigenvalue weighted by atomic mass is 16.5. The summed E-state index contributed by atoms with van der Waals surface area (Å²) in [5, 5.41) is 3.01. The van der Waals surface area contributed by atoms with Crippen molar-refractivity contribution in [1.29, 1.82) is 0 Å². The zero-order valence-corrected chi connectivity index (χ0v) is 12.0. The number of nitrogens with one attached hydrogen (secondary N) is 1. The molecule has 0 aliphatic carbocycles. The third-order valence-electron chi connectivity index (χ3n) is 3.25. The predicted octanol–water partition coefficient (Wildman–Crippen LogP) is 2.25. The molecule has 4 nitrogen and oxygen atoms in total. The molecule has 1 amide bonds. The van der Waals surface area contributed by atoms with Gasteiger partial charge in [-0.05, 0) is 31.0 Å². The van der Waals surface area contributed by atoms with Crippen molar-refractivity contribution in [3.63, 3.8) is 0 Å². The van der Waals surface area contributed by atoms with Gasteiger partial charge in [-0.2, -0.15) is 0 Å². The van der Waals surface area contributed by atoms with Gasteiger partial charge in [0.25, 0.3) is 0 Å². The Morgan fingerprint density at radius 1 is 1.47 bits per heavy atom. The average molecular weight is 264 g/mol. The molecule has 1 unspecified atom stereocenters. The van der Waals surface area contributed by atoms with Crippen LogP contribution in [0.15, 0.2) is 24.3 Å². The van der Waals surface area contributed by atoms with Gasteiger partial charge in [0.15, 0.2) is 0 Å². The minimum atomic E-state index is -0.0990. The molecular weight excluding hydrogens is 240 g/mol. The van der Waals surface area contributed by atoms with E-state index in [9.17, 15) is 4.79 Å². The van der Waals surface area contributed by atoms with Crippen LogP contribution in [0.25, 0.3) is 0 Å². The average Bonchev–Trinajstić information content (AvgIpc) is 2.44. The fourth-order valence-electron chi connectivity index (χ4n) is 2.03. The lowest BCUT2D eigenvalue weighted by Gasteiger charge is -2.19. The number of methoxy groups -OCH3 is 1. The van der Waals surface area contributed by atoms with Crippen LogP contribution in [0.3, 0.4) is 0 Å². The van der Waals surface area contributed by atoms with Gasteiger partial charge in [-0.15, -0.1) is 0 Å². The maximum Gasteiger partial charge on any atom is 0.224 e. The van der Waals surface area contributed by atoms with Crippen molar-refractivity contribution in [2.45, 2.75) is 32.7 Å². The fraction of sp³-hybridized carbons (Fsp3) is 0.533. The van der Waals surface area contributed by atoms with Crippen LogP contribution in [0, 0.1) is 5.92 Å². The van der Waals surface area contributed by atoms with E-state index in [-0.39, 0.29) is 17.9 Å². The van der Waals surface area contributed by atoms with E-state index >= 15 is 0 Å². The van der Waals surface area contributed by atoms with Gasteiger partial charge in [-0.25, -0.2) is 0 Å². The maximum atomic E-state index is 12.1. The number of hydrogen-bond donors (Lipinski definition) is 2. The molecule has 19 heavy (non-hydrogen) atoms. The lowest BCUT2D eigenvalue weighted by atomic mass is 10.0. The summed E-state index contributed by atoms with van der Waals surface area (Å²) >= 11 is 0. The second-order valence-electron chi connectivity index (χ2n) is 4.73. The summed E-state index contributed by atoms with van der Waals surface area (Å²) in [6.07, 6.45) is 1.79. The van der Waals surface area contributed by atoms with E-state index in [1.807, 2.05) is 31.2 Å². The molecule has 1 aromatic carbocycles. The Hall–Kier alpha value is -1.55. The van der Waals surface area contributed by atoms with Gasteiger partial charge in [0.2, 0.25) is 5.91 Å². The van der Waals surface area contributed by atoms with Crippen LogP contribution in [0.1, 0.15) is 38.3 Å². The van der Waals surface area contributed by atoms with Crippen LogP contribution in [0.4, 0.5) is 0 Å². The molecule has 0 fully saturated rings. The Bertz CT molecular complexity index is 407. The summed E-state index contributed by atoms with van der Waals surface area (Å²) in [7, 11) is 1.63. The number of hydrogen-bond acceptors (Lipinski definition) is 3. The molecule has 0 aromatic heterocycles. The van der Waals surface area contributed by atoms with Gasteiger partial charge in [-0.1, -0.05) is 25.5 Å². The Kier molecular flexibility index (Phi) is 6.36. The van der Waals surface area contributed by atoms with Crippen molar-refractivity contribution in [2.75, 3.05) is 13.7 Å². The molecule has 4 heteroatoms. The summed E-state index contributed by atoms with van der Waals surface area (Å²) in [6, 6.07) is 7.67. The zero-order valence-electron chi connectivity index (χ0n) is 12.0. The van der Waals surface area contributed by atoms with Gasteiger partial charge in [0.05, 0.1) is 19.1 Å². The van der Waals surface area contributed by atoms with E-state index < -0.39 is 0 Å². The molecule has 0 radical (unpaired) electrons. The summed E-state index contributed by atoms with van der Waals surface area (Å²) in [5.74, 6) is 0.722. The van der Waals surface area contributed by atoms with Crippen molar-refractivity contribution in [2.24, 2.45) is 11.7 Å². The smallest absolute Gasteiger partial charge is 0.224 e. The number of ether oxygens (including phenoxy) is 1. The summed E-state index contributed by atoms with van der Waals surface area (Å²) in [4.78, 5) is 12.1. The fourth-order valence-corrected chi connectivity index (χ4v) is 2.03. The number of benzene rings is 1. The van der Waals surface area contributed by atoms with Gasteiger partial charge in [0, 0.05) is 6.54 Å². The predicted molar refractivity (Wildman–Crippen MR) is 77.0 cm³/mol. The highest BCUT2D eigenvalue weighted by Crippen LogP contribution is 2.19. The maximum absolute atomic E-state index is 12.1. The largest absolute Gasteiger partial charge is 0.497 e.